The number of nitrogens with one attached hydrogen (secondary N) is 1. The summed E-state index contributed by atoms with van der Waals surface area (Å²) in [4.78, 5) is 0. The van der Waals surface area contributed by atoms with Gasteiger partial charge in [0.2, 0.25) is 0 Å². The van der Waals surface area contributed by atoms with Crippen molar-refractivity contribution in [2.75, 3.05) is 6.54 Å². The highest BCUT2D eigenvalue weighted by Gasteiger charge is 2.64. The molecule has 2 bridgehead atoms. The van der Waals surface area contributed by atoms with E-state index in [2.05, 4.69) is 11.2 Å². The third kappa shape index (κ3) is 1.21. The van der Waals surface area contributed by atoms with Gasteiger partial charge in [0.05, 0.1) is 0 Å². The molecule has 0 aromatic carbocycles. The maximum absolute atomic E-state index is 5.23. The van der Waals surface area contributed by atoms with Crippen LogP contribution in [0.15, 0.2) is 0 Å². The van der Waals surface area contributed by atoms with Crippen LogP contribution in [0.2, 0.25) is 0 Å². The maximum Gasteiger partial charge on any atom is 0.0136 e. The summed E-state index contributed by atoms with van der Waals surface area (Å²) in [5.74, 6) is 7.03. The van der Waals surface area contributed by atoms with Crippen LogP contribution in [0.1, 0.15) is 32.1 Å². The Hall–Kier alpha value is -0.480. The van der Waals surface area contributed by atoms with Crippen molar-refractivity contribution in [1.29, 1.82) is 0 Å². The van der Waals surface area contributed by atoms with Crippen LogP contribution in [0, 0.1) is 36.0 Å². The molecule has 14 heavy (non-hydrogen) atoms. The van der Waals surface area contributed by atoms with Crippen molar-refractivity contribution in [3.8, 4) is 12.3 Å². The van der Waals surface area contributed by atoms with E-state index in [9.17, 15) is 0 Å². The van der Waals surface area contributed by atoms with Crippen LogP contribution in [0.4, 0.5) is 0 Å². The van der Waals surface area contributed by atoms with Gasteiger partial charge >= 0.3 is 0 Å². The molecule has 0 aromatic rings. The Morgan fingerprint density at radius 2 is 1.93 bits per heavy atom. The predicted octanol–water partition coefficient (Wildman–Crippen LogP) is 2.03. The largest absolute Gasteiger partial charge is 0.313 e. The first-order chi connectivity index (χ1) is 6.92. The Morgan fingerprint density at radius 3 is 2.57 bits per heavy atom. The van der Waals surface area contributed by atoms with Crippen LogP contribution in [0.25, 0.3) is 0 Å². The van der Waals surface area contributed by atoms with Crippen molar-refractivity contribution in [1.82, 2.24) is 5.32 Å². The lowest BCUT2D eigenvalue weighted by atomic mass is 10.0. The molecule has 3 aliphatic rings. The molecular formula is C13H19N. The fraction of sp³-hybridized carbons (Fsp3) is 0.846. The highest BCUT2D eigenvalue weighted by atomic mass is 15.0. The van der Waals surface area contributed by atoms with Crippen molar-refractivity contribution in [2.24, 2.45) is 23.7 Å². The second-order valence-electron chi connectivity index (χ2n) is 5.28. The lowest BCUT2D eigenvalue weighted by Crippen LogP contribution is -2.23. The smallest absolute Gasteiger partial charge is 0.0136 e. The van der Waals surface area contributed by atoms with E-state index < -0.39 is 0 Å². The number of hydrogen-bond acceptors (Lipinski definition) is 1. The Morgan fingerprint density at radius 1 is 1.21 bits per heavy atom. The minimum Gasteiger partial charge on any atom is -0.313 e. The average molecular weight is 189 g/mol. The van der Waals surface area contributed by atoms with Gasteiger partial charge in [0.1, 0.15) is 0 Å². The lowest BCUT2D eigenvalue weighted by Gasteiger charge is -2.09. The first-order valence-corrected chi connectivity index (χ1v) is 6.08. The third-order valence-corrected chi connectivity index (χ3v) is 4.61. The van der Waals surface area contributed by atoms with Crippen LogP contribution in [-0.2, 0) is 0 Å². The molecule has 0 heterocycles. The zero-order valence-electron chi connectivity index (χ0n) is 8.71. The van der Waals surface area contributed by atoms with Gasteiger partial charge in [0.15, 0.2) is 0 Å². The van der Waals surface area contributed by atoms with Crippen molar-refractivity contribution in [2.45, 2.75) is 38.1 Å². The fourth-order valence-corrected chi connectivity index (χ4v) is 4.06. The maximum atomic E-state index is 5.23. The molecule has 0 radical (unpaired) electrons. The Balaban J connectivity index is 1.44. The summed E-state index contributed by atoms with van der Waals surface area (Å²) in [6, 6.07) is 0.888. The zero-order valence-corrected chi connectivity index (χ0v) is 8.71. The molecule has 4 atom stereocenters. The minimum absolute atomic E-state index is 0.888. The number of hydrogen-bond donors (Lipinski definition) is 1. The Labute approximate surface area is 86.7 Å². The summed E-state index contributed by atoms with van der Waals surface area (Å²) in [5.41, 5.74) is 0. The fourth-order valence-electron chi connectivity index (χ4n) is 4.06. The van der Waals surface area contributed by atoms with Gasteiger partial charge in [0.25, 0.3) is 0 Å². The van der Waals surface area contributed by atoms with Crippen molar-refractivity contribution < 1.29 is 0 Å². The van der Waals surface area contributed by atoms with Gasteiger partial charge in [-0.1, -0.05) is 0 Å². The summed E-state index contributed by atoms with van der Waals surface area (Å²) in [7, 11) is 0. The van der Waals surface area contributed by atoms with E-state index in [1.165, 1.54) is 12.8 Å². The molecule has 0 aromatic heterocycles. The molecule has 1 nitrogen and oxygen atoms in total. The van der Waals surface area contributed by atoms with Crippen LogP contribution < -0.4 is 5.32 Å². The normalized spacial score (nSPS) is 47.5. The van der Waals surface area contributed by atoms with E-state index in [4.69, 9.17) is 6.42 Å². The molecule has 0 amide bonds. The van der Waals surface area contributed by atoms with Crippen molar-refractivity contribution in [3.63, 3.8) is 0 Å². The molecule has 76 valence electrons. The molecule has 0 aliphatic heterocycles. The van der Waals surface area contributed by atoms with Gasteiger partial charge in [-0.3, -0.25) is 0 Å². The highest BCUT2D eigenvalue weighted by molar-refractivity contribution is 5.16. The summed E-state index contributed by atoms with van der Waals surface area (Å²) in [5, 5.41) is 3.70. The monoisotopic (exact) mass is 189 g/mol. The second kappa shape index (κ2) is 3.28. The zero-order chi connectivity index (χ0) is 9.54. The van der Waals surface area contributed by atoms with Gasteiger partial charge in [0, 0.05) is 12.5 Å². The van der Waals surface area contributed by atoms with Gasteiger partial charge in [-0.2, -0.15) is 0 Å². The quantitative estimate of drug-likeness (QED) is 0.527. The van der Waals surface area contributed by atoms with Crippen LogP contribution in [0.5, 0.6) is 0 Å². The van der Waals surface area contributed by atoms with E-state index in [1.54, 1.807) is 6.42 Å². The third-order valence-electron chi connectivity index (χ3n) is 4.61. The number of fused-ring (bicyclic) bond motifs is 5. The standard InChI is InChI=1S/C13H19N/c1-2-3-4-7-14-13-11-9-5-6-10(8-9)12(11)13/h1,9-14H,3-8H2. The van der Waals surface area contributed by atoms with Gasteiger partial charge in [-0.25, -0.2) is 0 Å². The first kappa shape index (κ1) is 8.80. The van der Waals surface area contributed by atoms with Crippen LogP contribution in [0.3, 0.4) is 0 Å². The molecule has 1 heteroatoms. The molecular weight excluding hydrogens is 170 g/mol. The molecule has 0 saturated heterocycles. The first-order valence-electron chi connectivity index (χ1n) is 6.08. The molecule has 3 saturated carbocycles. The van der Waals surface area contributed by atoms with E-state index in [0.717, 1.165) is 49.1 Å². The van der Waals surface area contributed by atoms with Gasteiger partial charge in [-0.15, -0.1) is 12.3 Å². The minimum atomic E-state index is 0.888. The molecule has 1 N–H and O–H groups in total. The Kier molecular flexibility index (Phi) is 2.06. The predicted molar refractivity (Wildman–Crippen MR) is 57.7 cm³/mol. The topological polar surface area (TPSA) is 12.0 Å². The molecule has 3 fully saturated rings. The number of unbranched alkanes of at least 4 members (excludes halogenated alkanes) is 1. The Bertz CT molecular complexity index is 249. The van der Waals surface area contributed by atoms with Crippen molar-refractivity contribution >= 4 is 0 Å². The number of rotatable bonds is 4. The van der Waals surface area contributed by atoms with E-state index >= 15 is 0 Å². The van der Waals surface area contributed by atoms with Crippen molar-refractivity contribution in [3.05, 3.63) is 0 Å². The second-order valence-corrected chi connectivity index (χ2v) is 5.28. The van der Waals surface area contributed by atoms with E-state index in [-0.39, 0.29) is 0 Å². The van der Waals surface area contributed by atoms with Crippen LogP contribution >= 0.6 is 0 Å². The SMILES string of the molecule is C#CCCCNC1C2C3CCC(C3)C12. The van der Waals surface area contributed by atoms with E-state index in [0.29, 0.717) is 0 Å². The van der Waals surface area contributed by atoms with Gasteiger partial charge < -0.3 is 5.32 Å². The summed E-state index contributed by atoms with van der Waals surface area (Å²) >= 11 is 0. The molecule has 3 aliphatic carbocycles. The molecule has 0 spiro atoms. The van der Waals surface area contributed by atoms with Gasteiger partial charge in [-0.05, 0) is 55.9 Å². The summed E-state index contributed by atoms with van der Waals surface area (Å²) in [6.45, 7) is 1.14. The lowest BCUT2D eigenvalue weighted by molar-refractivity contribution is 0.456. The molecule has 4 unspecified atom stereocenters. The summed E-state index contributed by atoms with van der Waals surface area (Å²) < 4.78 is 0. The summed E-state index contributed by atoms with van der Waals surface area (Å²) in [6.07, 6.45) is 11.9. The van der Waals surface area contributed by atoms with E-state index in [1.807, 2.05) is 0 Å². The number of terminal acetylenes is 1. The average Bonchev–Trinajstić information content (AvgIpc) is 2.60. The molecule has 3 rings (SSSR count). The van der Waals surface area contributed by atoms with Crippen LogP contribution in [-0.4, -0.2) is 12.6 Å². The highest BCUT2D eigenvalue weighted by Crippen LogP contribution is 2.65.